The predicted octanol–water partition coefficient (Wildman–Crippen LogP) is 1.69. The number of anilines is 2. The van der Waals surface area contributed by atoms with Crippen LogP contribution in [-0.4, -0.2) is 30.4 Å². The van der Waals surface area contributed by atoms with Gasteiger partial charge in [-0.05, 0) is 32.0 Å². The molecule has 17 heavy (non-hydrogen) atoms. The van der Waals surface area contributed by atoms with E-state index in [0.717, 1.165) is 0 Å². The molecule has 0 aliphatic carbocycles. The summed E-state index contributed by atoms with van der Waals surface area (Å²) in [6.45, 7) is 4.26. The number of benzene rings is 1. The van der Waals surface area contributed by atoms with Crippen molar-refractivity contribution in [3.8, 4) is 0 Å². The summed E-state index contributed by atoms with van der Waals surface area (Å²) < 4.78 is 13.1. The Balaban J connectivity index is 2.74. The zero-order valence-electron chi connectivity index (χ0n) is 10.3. The van der Waals surface area contributed by atoms with Crippen molar-refractivity contribution in [1.82, 2.24) is 4.90 Å². The number of nitrogens with one attached hydrogen (secondary N) is 1. The normalized spacial score (nSPS) is 12.0. The van der Waals surface area contributed by atoms with Gasteiger partial charge in [-0.15, -0.1) is 0 Å². The molecule has 0 bridgehead atoms. The molecule has 0 saturated carbocycles. The van der Waals surface area contributed by atoms with Crippen molar-refractivity contribution in [1.29, 1.82) is 0 Å². The second kappa shape index (κ2) is 5.52. The first-order valence-electron chi connectivity index (χ1n) is 5.51. The first-order valence-corrected chi connectivity index (χ1v) is 5.51. The van der Waals surface area contributed by atoms with E-state index in [1.807, 2.05) is 6.92 Å². The van der Waals surface area contributed by atoms with Crippen molar-refractivity contribution < 1.29 is 9.18 Å². The highest BCUT2D eigenvalue weighted by Gasteiger charge is 2.16. The fourth-order valence-electron chi connectivity index (χ4n) is 1.49. The molecule has 0 heterocycles. The topological polar surface area (TPSA) is 58.4 Å². The Morgan fingerprint density at radius 3 is 2.71 bits per heavy atom. The number of halogens is 1. The van der Waals surface area contributed by atoms with Crippen LogP contribution in [0.5, 0.6) is 0 Å². The molecule has 5 heteroatoms. The Bertz CT molecular complexity index is 388. The van der Waals surface area contributed by atoms with Crippen LogP contribution in [0.25, 0.3) is 0 Å². The van der Waals surface area contributed by atoms with Gasteiger partial charge in [-0.3, -0.25) is 4.79 Å². The smallest absolute Gasteiger partial charge is 0.244 e. The van der Waals surface area contributed by atoms with Gasteiger partial charge >= 0.3 is 0 Å². The minimum Gasteiger partial charge on any atom is -0.399 e. The third kappa shape index (κ3) is 3.62. The molecule has 94 valence electrons. The van der Waals surface area contributed by atoms with Gasteiger partial charge in [-0.2, -0.15) is 0 Å². The highest BCUT2D eigenvalue weighted by molar-refractivity contribution is 5.84. The van der Waals surface area contributed by atoms with Crippen LogP contribution in [0.2, 0.25) is 0 Å². The number of carbonyl (C=O) groups excluding carboxylic acids is 1. The van der Waals surface area contributed by atoms with E-state index in [1.54, 1.807) is 24.9 Å². The Labute approximate surface area is 101 Å². The fourth-order valence-corrected chi connectivity index (χ4v) is 1.49. The van der Waals surface area contributed by atoms with Gasteiger partial charge in [0.05, 0.1) is 0 Å². The van der Waals surface area contributed by atoms with Gasteiger partial charge in [0.2, 0.25) is 5.91 Å². The second-order valence-corrected chi connectivity index (χ2v) is 3.99. The standard InChI is InChI=1S/C12H18FN3O/c1-4-16(3)12(17)8(2)15-11-6-9(13)5-10(14)7-11/h5-8,15H,4,14H2,1-3H3. The predicted molar refractivity (Wildman–Crippen MR) is 67.2 cm³/mol. The lowest BCUT2D eigenvalue weighted by Gasteiger charge is -2.21. The lowest BCUT2D eigenvalue weighted by molar-refractivity contribution is -0.130. The van der Waals surface area contributed by atoms with Gasteiger partial charge in [-0.1, -0.05) is 0 Å². The summed E-state index contributed by atoms with van der Waals surface area (Å²) in [5, 5.41) is 2.93. The summed E-state index contributed by atoms with van der Waals surface area (Å²) in [7, 11) is 1.72. The van der Waals surface area contributed by atoms with Gasteiger partial charge in [0.1, 0.15) is 11.9 Å². The lowest BCUT2D eigenvalue weighted by Crippen LogP contribution is -2.38. The fraction of sp³-hybridized carbons (Fsp3) is 0.417. The van der Waals surface area contributed by atoms with Crippen LogP contribution in [0.4, 0.5) is 15.8 Å². The molecule has 0 radical (unpaired) electrons. The van der Waals surface area contributed by atoms with E-state index < -0.39 is 11.9 Å². The Morgan fingerprint density at radius 2 is 2.18 bits per heavy atom. The summed E-state index contributed by atoms with van der Waals surface area (Å²) in [5.74, 6) is -0.466. The van der Waals surface area contributed by atoms with Gasteiger partial charge in [0, 0.05) is 25.0 Å². The quantitative estimate of drug-likeness (QED) is 0.786. The molecular formula is C12H18FN3O. The van der Waals surface area contributed by atoms with E-state index in [4.69, 9.17) is 5.73 Å². The SMILES string of the molecule is CCN(C)C(=O)C(C)Nc1cc(N)cc(F)c1. The van der Waals surface area contributed by atoms with Gasteiger partial charge < -0.3 is 16.0 Å². The van der Waals surface area contributed by atoms with Crippen molar-refractivity contribution in [2.75, 3.05) is 24.6 Å². The minimum absolute atomic E-state index is 0.0460. The van der Waals surface area contributed by atoms with Crippen LogP contribution in [0, 0.1) is 5.82 Å². The number of rotatable bonds is 4. The number of nitrogens with zero attached hydrogens (tertiary/aromatic N) is 1. The zero-order valence-corrected chi connectivity index (χ0v) is 10.3. The zero-order chi connectivity index (χ0) is 13.0. The molecule has 1 unspecified atom stereocenters. The molecular weight excluding hydrogens is 221 g/mol. The second-order valence-electron chi connectivity index (χ2n) is 3.99. The molecule has 1 atom stereocenters. The maximum absolute atomic E-state index is 13.1. The Hall–Kier alpha value is -1.78. The van der Waals surface area contributed by atoms with E-state index in [2.05, 4.69) is 5.32 Å². The van der Waals surface area contributed by atoms with Gasteiger partial charge in [0.15, 0.2) is 0 Å². The van der Waals surface area contributed by atoms with Crippen LogP contribution >= 0.6 is 0 Å². The first-order chi connectivity index (χ1) is 7.93. The Morgan fingerprint density at radius 1 is 1.53 bits per heavy atom. The molecule has 1 amide bonds. The molecule has 0 aliphatic rings. The molecule has 0 spiro atoms. The molecule has 4 nitrogen and oxygen atoms in total. The van der Waals surface area contributed by atoms with Gasteiger partial charge in [-0.25, -0.2) is 4.39 Å². The number of nitrogens with two attached hydrogens (primary N) is 1. The number of nitrogen functional groups attached to an aromatic ring is 1. The van der Waals surface area contributed by atoms with Crippen molar-refractivity contribution >= 4 is 17.3 Å². The van der Waals surface area contributed by atoms with Crippen molar-refractivity contribution in [3.63, 3.8) is 0 Å². The van der Waals surface area contributed by atoms with Crippen molar-refractivity contribution in [3.05, 3.63) is 24.0 Å². The van der Waals surface area contributed by atoms with Crippen LogP contribution in [0.3, 0.4) is 0 Å². The van der Waals surface area contributed by atoms with Crippen LogP contribution in [-0.2, 0) is 4.79 Å². The van der Waals surface area contributed by atoms with E-state index in [0.29, 0.717) is 17.9 Å². The molecule has 1 aromatic carbocycles. The summed E-state index contributed by atoms with van der Waals surface area (Å²) in [6.07, 6.45) is 0. The molecule has 3 N–H and O–H groups in total. The highest BCUT2D eigenvalue weighted by Crippen LogP contribution is 2.16. The van der Waals surface area contributed by atoms with Crippen LogP contribution < -0.4 is 11.1 Å². The summed E-state index contributed by atoms with van der Waals surface area (Å²) in [4.78, 5) is 13.4. The van der Waals surface area contributed by atoms with E-state index >= 15 is 0 Å². The molecule has 0 aromatic heterocycles. The molecule has 0 saturated heterocycles. The summed E-state index contributed by atoms with van der Waals surface area (Å²) >= 11 is 0. The number of amides is 1. The number of hydrogen-bond acceptors (Lipinski definition) is 3. The number of hydrogen-bond donors (Lipinski definition) is 2. The molecule has 1 rings (SSSR count). The first kappa shape index (κ1) is 13.3. The minimum atomic E-state index is -0.420. The molecule has 1 aromatic rings. The number of likely N-dealkylation sites (N-methyl/N-ethyl adjacent to an activating group) is 1. The van der Waals surface area contributed by atoms with Crippen LogP contribution in [0.15, 0.2) is 18.2 Å². The highest BCUT2D eigenvalue weighted by atomic mass is 19.1. The summed E-state index contributed by atoms with van der Waals surface area (Å²) in [6, 6.07) is 3.72. The van der Waals surface area contributed by atoms with E-state index in [-0.39, 0.29) is 5.91 Å². The average molecular weight is 239 g/mol. The largest absolute Gasteiger partial charge is 0.399 e. The average Bonchev–Trinajstić information content (AvgIpc) is 2.25. The lowest BCUT2D eigenvalue weighted by atomic mass is 10.2. The Kier molecular flexibility index (Phi) is 4.31. The third-order valence-corrected chi connectivity index (χ3v) is 2.52. The van der Waals surface area contributed by atoms with Gasteiger partial charge in [0.25, 0.3) is 0 Å². The summed E-state index contributed by atoms with van der Waals surface area (Å²) in [5.41, 5.74) is 6.36. The molecule has 0 fully saturated rings. The van der Waals surface area contributed by atoms with Crippen LogP contribution in [0.1, 0.15) is 13.8 Å². The molecule has 0 aliphatic heterocycles. The maximum atomic E-state index is 13.1. The van der Waals surface area contributed by atoms with E-state index in [1.165, 1.54) is 12.1 Å². The van der Waals surface area contributed by atoms with Crippen molar-refractivity contribution in [2.45, 2.75) is 19.9 Å². The van der Waals surface area contributed by atoms with E-state index in [9.17, 15) is 9.18 Å². The monoisotopic (exact) mass is 239 g/mol. The van der Waals surface area contributed by atoms with Crippen molar-refractivity contribution in [2.24, 2.45) is 0 Å². The third-order valence-electron chi connectivity index (χ3n) is 2.52. The maximum Gasteiger partial charge on any atom is 0.244 e. The number of carbonyl (C=O) groups is 1.